The number of para-hydroxylation sites is 1. The number of carbonyl (C=O) groups is 1. The van der Waals surface area contributed by atoms with Gasteiger partial charge in [0, 0.05) is 14.1 Å². The Hall–Kier alpha value is -1.70. The van der Waals surface area contributed by atoms with Gasteiger partial charge in [-0.1, -0.05) is 12.1 Å². The van der Waals surface area contributed by atoms with Gasteiger partial charge in [0.15, 0.2) is 0 Å². The van der Waals surface area contributed by atoms with Crippen LogP contribution in [0.1, 0.15) is 18.4 Å². The normalized spacial score (nSPS) is 13.1. The number of anilines is 1. The zero-order valence-electron chi connectivity index (χ0n) is 12.6. The topological polar surface area (TPSA) is 66.5 Å². The summed E-state index contributed by atoms with van der Waals surface area (Å²) < 4.78 is 25.7. The molecule has 1 amide bonds. The number of nitrogens with one attached hydrogen (secondary N) is 1. The van der Waals surface area contributed by atoms with Gasteiger partial charge in [-0.25, -0.2) is 12.7 Å². The molecule has 1 aromatic carbocycles. The Morgan fingerprint density at radius 1 is 1.23 bits per heavy atom. The van der Waals surface area contributed by atoms with E-state index in [0.29, 0.717) is 5.69 Å². The van der Waals surface area contributed by atoms with Crippen LogP contribution in [-0.2, 0) is 14.8 Å². The molecule has 0 saturated carbocycles. The monoisotopic (exact) mass is 338 g/mol. The third kappa shape index (κ3) is 3.37. The summed E-state index contributed by atoms with van der Waals surface area (Å²) in [5, 5.41) is 6.54. The molecule has 0 aliphatic heterocycles. The number of sulfonamides is 1. The van der Waals surface area contributed by atoms with Crippen molar-refractivity contribution in [1.29, 1.82) is 0 Å². The molecule has 22 heavy (non-hydrogen) atoms. The molecule has 0 bridgehead atoms. The van der Waals surface area contributed by atoms with Crippen LogP contribution < -0.4 is 5.32 Å². The first-order chi connectivity index (χ1) is 10.3. The molecule has 0 radical (unpaired) electrons. The Balaban J connectivity index is 2.29. The molecule has 0 aliphatic carbocycles. The van der Waals surface area contributed by atoms with Crippen molar-refractivity contribution in [3.8, 4) is 0 Å². The first kappa shape index (κ1) is 16.7. The lowest BCUT2D eigenvalue weighted by Crippen LogP contribution is -2.25. The van der Waals surface area contributed by atoms with Crippen molar-refractivity contribution in [2.75, 3.05) is 19.4 Å². The molecule has 0 aliphatic rings. The second kappa shape index (κ2) is 6.60. The quantitative estimate of drug-likeness (QED) is 0.911. The van der Waals surface area contributed by atoms with E-state index in [9.17, 15) is 13.2 Å². The maximum Gasteiger partial charge on any atom is 0.244 e. The molecule has 1 unspecified atom stereocenters. The molecule has 1 atom stereocenters. The number of nitrogens with zero attached hydrogens (tertiary/aromatic N) is 1. The zero-order chi connectivity index (χ0) is 16.3. The third-order valence-corrected chi connectivity index (χ3v) is 5.91. The number of hydrogen-bond acceptors (Lipinski definition) is 4. The van der Waals surface area contributed by atoms with Gasteiger partial charge in [0.05, 0.1) is 11.6 Å². The number of carbonyl (C=O) groups excluding carboxylic acids is 1. The Kier molecular flexibility index (Phi) is 5.00. The average molecular weight is 338 g/mol. The average Bonchev–Trinajstić information content (AvgIpc) is 3.00. The van der Waals surface area contributed by atoms with E-state index in [1.807, 2.05) is 16.8 Å². The van der Waals surface area contributed by atoms with Gasteiger partial charge >= 0.3 is 0 Å². The molecular weight excluding hydrogens is 320 g/mol. The zero-order valence-corrected chi connectivity index (χ0v) is 14.2. The van der Waals surface area contributed by atoms with Crippen molar-refractivity contribution in [2.24, 2.45) is 0 Å². The summed E-state index contributed by atoms with van der Waals surface area (Å²) in [4.78, 5) is 12.4. The number of hydrogen-bond donors (Lipinski definition) is 1. The molecule has 0 fully saturated rings. The van der Waals surface area contributed by atoms with Crippen molar-refractivity contribution in [1.82, 2.24) is 4.31 Å². The van der Waals surface area contributed by atoms with Gasteiger partial charge in [-0.3, -0.25) is 4.79 Å². The van der Waals surface area contributed by atoms with Crippen LogP contribution in [0.25, 0.3) is 0 Å². The maximum absolute atomic E-state index is 12.3. The summed E-state index contributed by atoms with van der Waals surface area (Å²) in [6.45, 7) is 1.79. The summed E-state index contributed by atoms with van der Waals surface area (Å²) in [6, 6.07) is 8.29. The van der Waals surface area contributed by atoms with Crippen LogP contribution in [0.15, 0.2) is 46.0 Å². The van der Waals surface area contributed by atoms with E-state index in [4.69, 9.17) is 0 Å². The third-order valence-electron chi connectivity index (χ3n) is 3.34. The lowest BCUT2D eigenvalue weighted by molar-refractivity contribution is -0.117. The standard InChI is InChI=1S/C15H18N2O3S2/c1-11(12-8-9-21-10-12)15(18)16-13-6-4-5-7-14(13)22(19,20)17(2)3/h4-11H,1-3H3,(H,16,18). The number of amides is 1. The first-order valence-corrected chi connectivity index (χ1v) is 9.07. The van der Waals surface area contributed by atoms with E-state index in [1.165, 1.54) is 31.5 Å². The largest absolute Gasteiger partial charge is 0.324 e. The number of benzene rings is 1. The summed E-state index contributed by atoms with van der Waals surface area (Å²) in [6.07, 6.45) is 0. The lowest BCUT2D eigenvalue weighted by atomic mass is 10.0. The summed E-state index contributed by atoms with van der Waals surface area (Å²) >= 11 is 1.52. The fraction of sp³-hybridized carbons (Fsp3) is 0.267. The highest BCUT2D eigenvalue weighted by Crippen LogP contribution is 2.25. The summed E-state index contributed by atoms with van der Waals surface area (Å²) in [5.74, 6) is -0.582. The molecule has 0 saturated heterocycles. The van der Waals surface area contributed by atoms with E-state index >= 15 is 0 Å². The molecule has 7 heteroatoms. The van der Waals surface area contributed by atoms with Gasteiger partial charge in [0.25, 0.3) is 0 Å². The summed E-state index contributed by atoms with van der Waals surface area (Å²) in [5.41, 5.74) is 1.21. The van der Waals surface area contributed by atoms with E-state index in [-0.39, 0.29) is 16.7 Å². The highest BCUT2D eigenvalue weighted by molar-refractivity contribution is 7.89. The van der Waals surface area contributed by atoms with Crippen molar-refractivity contribution >= 4 is 33.0 Å². The van der Waals surface area contributed by atoms with E-state index in [0.717, 1.165) is 9.87 Å². The molecule has 1 aromatic heterocycles. The molecule has 1 N–H and O–H groups in total. The van der Waals surface area contributed by atoms with Crippen LogP contribution in [0.2, 0.25) is 0 Å². The Morgan fingerprint density at radius 2 is 1.91 bits per heavy atom. The highest BCUT2D eigenvalue weighted by Gasteiger charge is 2.23. The van der Waals surface area contributed by atoms with Crippen LogP contribution in [0.4, 0.5) is 5.69 Å². The molecular formula is C15H18N2O3S2. The van der Waals surface area contributed by atoms with Gasteiger partial charge in [-0.05, 0) is 41.4 Å². The van der Waals surface area contributed by atoms with Gasteiger partial charge in [-0.15, -0.1) is 0 Å². The number of thiophene rings is 1. The van der Waals surface area contributed by atoms with Gasteiger partial charge in [0.2, 0.25) is 15.9 Å². The van der Waals surface area contributed by atoms with Crippen LogP contribution in [0, 0.1) is 0 Å². The van der Waals surface area contributed by atoms with Crippen molar-refractivity contribution in [3.05, 3.63) is 46.7 Å². The predicted octanol–water partition coefficient (Wildman–Crippen LogP) is 2.74. The van der Waals surface area contributed by atoms with Crippen molar-refractivity contribution < 1.29 is 13.2 Å². The van der Waals surface area contributed by atoms with Crippen LogP contribution in [0.5, 0.6) is 0 Å². The van der Waals surface area contributed by atoms with Gasteiger partial charge < -0.3 is 5.32 Å². The van der Waals surface area contributed by atoms with E-state index in [2.05, 4.69) is 5.32 Å². The molecule has 2 rings (SSSR count). The Bertz CT molecular complexity index is 753. The molecule has 0 spiro atoms. The molecule has 5 nitrogen and oxygen atoms in total. The SMILES string of the molecule is CC(C(=O)Nc1ccccc1S(=O)(=O)N(C)C)c1ccsc1. The minimum Gasteiger partial charge on any atom is -0.324 e. The van der Waals surface area contributed by atoms with Crippen LogP contribution in [-0.4, -0.2) is 32.7 Å². The molecule has 2 aromatic rings. The minimum atomic E-state index is -3.61. The second-order valence-corrected chi connectivity index (χ2v) is 7.95. The first-order valence-electron chi connectivity index (χ1n) is 6.68. The maximum atomic E-state index is 12.3. The smallest absolute Gasteiger partial charge is 0.244 e. The van der Waals surface area contributed by atoms with Crippen LogP contribution >= 0.6 is 11.3 Å². The lowest BCUT2D eigenvalue weighted by Gasteiger charge is -2.17. The molecule has 1 heterocycles. The van der Waals surface area contributed by atoms with Gasteiger partial charge in [-0.2, -0.15) is 11.3 Å². The Morgan fingerprint density at radius 3 is 2.50 bits per heavy atom. The van der Waals surface area contributed by atoms with E-state index < -0.39 is 10.0 Å². The Labute approximate surface area is 134 Å². The fourth-order valence-electron chi connectivity index (χ4n) is 1.91. The van der Waals surface area contributed by atoms with E-state index in [1.54, 1.807) is 25.1 Å². The van der Waals surface area contributed by atoms with Crippen LogP contribution in [0.3, 0.4) is 0 Å². The molecule has 118 valence electrons. The van der Waals surface area contributed by atoms with Gasteiger partial charge in [0.1, 0.15) is 4.90 Å². The van der Waals surface area contributed by atoms with Crippen molar-refractivity contribution in [3.63, 3.8) is 0 Å². The minimum absolute atomic E-state index is 0.0888. The highest BCUT2D eigenvalue weighted by atomic mass is 32.2. The number of rotatable bonds is 5. The fourth-order valence-corrected chi connectivity index (χ4v) is 3.70. The van der Waals surface area contributed by atoms with Crippen molar-refractivity contribution in [2.45, 2.75) is 17.7 Å². The summed E-state index contributed by atoms with van der Waals surface area (Å²) in [7, 11) is -0.692. The predicted molar refractivity (Wildman–Crippen MR) is 88.7 cm³/mol. The second-order valence-electron chi connectivity index (χ2n) is 5.05.